The van der Waals surface area contributed by atoms with Gasteiger partial charge in [-0.3, -0.25) is 4.79 Å². The molecule has 1 saturated heterocycles. The average Bonchev–Trinajstić information content (AvgIpc) is 3.28. The molecule has 0 saturated carbocycles. The minimum Gasteiger partial charge on any atom is -0.481 e. The summed E-state index contributed by atoms with van der Waals surface area (Å²) in [7, 11) is 0. The second-order valence-corrected chi connectivity index (χ2v) is 8.45. The number of rotatable bonds is 9. The van der Waals surface area contributed by atoms with Crippen LogP contribution in [0.4, 0.5) is 24.3 Å². The van der Waals surface area contributed by atoms with Gasteiger partial charge in [0.2, 0.25) is 5.95 Å². The number of anilines is 2. The molecule has 0 bridgehead atoms. The Kier molecular flexibility index (Phi) is 8.43. The van der Waals surface area contributed by atoms with Crippen molar-refractivity contribution in [2.45, 2.75) is 38.8 Å². The number of nitrogens with one attached hydrogen (secondary N) is 1. The summed E-state index contributed by atoms with van der Waals surface area (Å²) in [5.74, 6) is -1.16. The molecule has 0 amide bonds. The molecule has 2 aromatic heterocycles. The summed E-state index contributed by atoms with van der Waals surface area (Å²) in [6.07, 6.45) is 5.42. The van der Waals surface area contributed by atoms with Crippen LogP contribution in [0.3, 0.4) is 0 Å². The van der Waals surface area contributed by atoms with Gasteiger partial charge in [-0.15, -0.1) is 11.3 Å². The van der Waals surface area contributed by atoms with Gasteiger partial charge in [0.25, 0.3) is 0 Å². The van der Waals surface area contributed by atoms with Crippen LogP contribution in [0.25, 0.3) is 5.57 Å². The van der Waals surface area contributed by atoms with E-state index in [0.717, 1.165) is 41.5 Å². The molecule has 3 rings (SSSR count). The molecule has 0 atom stereocenters. The number of aliphatic carboxylic acids is 1. The van der Waals surface area contributed by atoms with Gasteiger partial charge in [-0.1, -0.05) is 31.6 Å². The minimum atomic E-state index is -4.53. The molecule has 33 heavy (non-hydrogen) atoms. The van der Waals surface area contributed by atoms with E-state index in [9.17, 15) is 23.1 Å². The number of aromatic nitrogens is 3. The summed E-state index contributed by atoms with van der Waals surface area (Å²) in [6.45, 7) is 3.58. The molecule has 1 aliphatic heterocycles. The Morgan fingerprint density at radius 1 is 1.33 bits per heavy atom. The van der Waals surface area contributed by atoms with Crippen LogP contribution < -0.4 is 10.2 Å². The number of hydrogen-bond acceptors (Lipinski definition) is 7. The molecule has 1 fully saturated rings. The van der Waals surface area contributed by atoms with Gasteiger partial charge in [0.05, 0.1) is 11.6 Å². The van der Waals surface area contributed by atoms with Crippen LogP contribution in [0.5, 0.6) is 0 Å². The molecule has 0 spiro atoms. The highest BCUT2D eigenvalue weighted by Gasteiger charge is 2.32. The van der Waals surface area contributed by atoms with E-state index in [4.69, 9.17) is 4.98 Å². The average molecular weight is 482 g/mol. The van der Waals surface area contributed by atoms with E-state index in [1.807, 2.05) is 23.6 Å². The number of allylic oxidation sites excluding steroid dienone is 3. The first-order valence-electron chi connectivity index (χ1n) is 10.7. The van der Waals surface area contributed by atoms with E-state index < -0.39 is 17.8 Å². The number of thiazole rings is 1. The highest BCUT2D eigenvalue weighted by atomic mass is 32.1. The normalized spacial score (nSPS) is 15.9. The molecule has 2 aromatic rings. The molecular weight excluding hydrogens is 455 g/mol. The lowest BCUT2D eigenvalue weighted by atomic mass is 9.97. The quantitative estimate of drug-likeness (QED) is 0.481. The van der Waals surface area contributed by atoms with Crippen molar-refractivity contribution in [1.82, 2.24) is 15.0 Å². The van der Waals surface area contributed by atoms with Crippen molar-refractivity contribution in [2.24, 2.45) is 5.92 Å². The maximum atomic E-state index is 12.8. The summed E-state index contributed by atoms with van der Waals surface area (Å²) in [5.41, 5.74) is 0.600. The molecule has 2 N–H and O–H groups in total. The fourth-order valence-electron chi connectivity index (χ4n) is 3.35. The summed E-state index contributed by atoms with van der Waals surface area (Å²) in [6, 6.07) is 0.829. The van der Waals surface area contributed by atoms with Crippen LogP contribution in [0, 0.1) is 5.92 Å². The summed E-state index contributed by atoms with van der Waals surface area (Å²) in [5, 5.41) is 14.8. The molecule has 178 valence electrons. The molecule has 1 aliphatic rings. The lowest BCUT2D eigenvalue weighted by molar-refractivity contribution is -0.142. The van der Waals surface area contributed by atoms with Gasteiger partial charge in [-0.05, 0) is 30.9 Å². The number of carboxylic acid groups (broad SMARTS) is 1. The van der Waals surface area contributed by atoms with Crippen molar-refractivity contribution in [3.05, 3.63) is 47.3 Å². The van der Waals surface area contributed by atoms with Gasteiger partial charge in [0.1, 0.15) is 5.69 Å². The second kappa shape index (κ2) is 11.3. The van der Waals surface area contributed by atoms with Crippen molar-refractivity contribution >= 4 is 34.0 Å². The first kappa shape index (κ1) is 24.7. The third kappa shape index (κ3) is 7.01. The minimum absolute atomic E-state index is 0.0989. The molecule has 11 heteroatoms. The SMILES string of the molecule is CCC/C=C\C(=C/CNc1nccc(C(F)(F)F)n1)c1csc(N2CCC(C(=O)O)CC2)n1. The maximum absolute atomic E-state index is 12.8. The Hall–Kier alpha value is -2.95. The Bertz CT molecular complexity index is 998. The predicted molar refractivity (Wildman–Crippen MR) is 122 cm³/mol. The number of alkyl halides is 3. The number of piperidine rings is 1. The lowest BCUT2D eigenvalue weighted by Crippen LogP contribution is -2.36. The number of unbranched alkanes of at least 4 members (excludes halogenated alkanes) is 1. The molecule has 0 radical (unpaired) electrons. The topological polar surface area (TPSA) is 91.2 Å². The van der Waals surface area contributed by atoms with Gasteiger partial charge in [0.15, 0.2) is 5.13 Å². The van der Waals surface area contributed by atoms with Crippen molar-refractivity contribution in [3.63, 3.8) is 0 Å². The Morgan fingerprint density at radius 3 is 2.76 bits per heavy atom. The monoisotopic (exact) mass is 481 g/mol. The molecule has 3 heterocycles. The number of carbonyl (C=O) groups is 1. The highest BCUT2D eigenvalue weighted by molar-refractivity contribution is 7.13. The van der Waals surface area contributed by atoms with Crippen molar-refractivity contribution in [3.8, 4) is 0 Å². The highest BCUT2D eigenvalue weighted by Crippen LogP contribution is 2.30. The first-order valence-corrected chi connectivity index (χ1v) is 11.6. The summed E-state index contributed by atoms with van der Waals surface area (Å²) < 4.78 is 38.5. The number of nitrogens with zero attached hydrogens (tertiary/aromatic N) is 4. The Balaban J connectivity index is 1.70. The fourth-order valence-corrected chi connectivity index (χ4v) is 4.24. The molecule has 0 aromatic carbocycles. The molecule has 0 aliphatic carbocycles. The van der Waals surface area contributed by atoms with Crippen LogP contribution in [0.15, 0.2) is 35.9 Å². The predicted octanol–water partition coefficient (Wildman–Crippen LogP) is 5.10. The lowest BCUT2D eigenvalue weighted by Gasteiger charge is -2.29. The van der Waals surface area contributed by atoms with E-state index in [2.05, 4.69) is 27.1 Å². The zero-order valence-corrected chi connectivity index (χ0v) is 19.0. The number of halogens is 3. The van der Waals surface area contributed by atoms with E-state index in [1.165, 1.54) is 11.3 Å². The molecular formula is C22H26F3N5O2S. The van der Waals surface area contributed by atoms with Gasteiger partial charge < -0.3 is 15.3 Å². The van der Waals surface area contributed by atoms with Crippen molar-refractivity contribution in [1.29, 1.82) is 0 Å². The van der Waals surface area contributed by atoms with E-state index >= 15 is 0 Å². The van der Waals surface area contributed by atoms with Crippen LogP contribution in [-0.4, -0.2) is 45.7 Å². The second-order valence-electron chi connectivity index (χ2n) is 7.61. The third-order valence-corrected chi connectivity index (χ3v) is 6.08. The van der Waals surface area contributed by atoms with E-state index in [-0.39, 0.29) is 18.4 Å². The van der Waals surface area contributed by atoms with Crippen LogP contribution in [-0.2, 0) is 11.0 Å². The molecule has 7 nitrogen and oxygen atoms in total. The zero-order chi connectivity index (χ0) is 23.8. The number of hydrogen-bond donors (Lipinski definition) is 2. The van der Waals surface area contributed by atoms with Crippen LogP contribution in [0.2, 0.25) is 0 Å². The third-order valence-electron chi connectivity index (χ3n) is 5.18. The van der Waals surface area contributed by atoms with Crippen LogP contribution >= 0.6 is 11.3 Å². The fraction of sp³-hybridized carbons (Fsp3) is 0.455. The van der Waals surface area contributed by atoms with Gasteiger partial charge in [0, 0.05) is 31.2 Å². The van der Waals surface area contributed by atoms with Crippen molar-refractivity contribution in [2.75, 3.05) is 29.9 Å². The molecule has 0 unspecified atom stereocenters. The maximum Gasteiger partial charge on any atom is 0.433 e. The van der Waals surface area contributed by atoms with E-state index in [1.54, 1.807) is 0 Å². The standard InChI is InChI=1S/C22H26F3N5O2S/c1-2-3-4-5-15(6-10-26-20-27-11-7-18(29-20)22(23,24)25)17-14-33-21(28-17)30-12-8-16(9-13-30)19(31)32/h4-7,11,14,16H,2-3,8-10,12-13H2,1H3,(H,31,32)(H,26,27,29)/b5-4-,15-6+. The van der Waals surface area contributed by atoms with Crippen molar-refractivity contribution < 1.29 is 23.1 Å². The van der Waals surface area contributed by atoms with Crippen LogP contribution in [0.1, 0.15) is 44.0 Å². The zero-order valence-electron chi connectivity index (χ0n) is 18.2. The van der Waals surface area contributed by atoms with Gasteiger partial charge in [-0.2, -0.15) is 13.2 Å². The summed E-state index contributed by atoms with van der Waals surface area (Å²) in [4.78, 5) is 25.4. The number of carboxylic acids is 1. The Morgan fingerprint density at radius 2 is 2.09 bits per heavy atom. The first-order chi connectivity index (χ1) is 15.8. The van der Waals surface area contributed by atoms with Gasteiger partial charge >= 0.3 is 12.1 Å². The summed E-state index contributed by atoms with van der Waals surface area (Å²) >= 11 is 1.49. The largest absolute Gasteiger partial charge is 0.481 e. The Labute approximate surface area is 194 Å². The smallest absolute Gasteiger partial charge is 0.433 e. The van der Waals surface area contributed by atoms with Gasteiger partial charge in [-0.25, -0.2) is 15.0 Å². The van der Waals surface area contributed by atoms with E-state index in [0.29, 0.717) is 25.9 Å².